The topological polar surface area (TPSA) is 87.2 Å². The van der Waals surface area contributed by atoms with Crippen molar-refractivity contribution in [3.05, 3.63) is 59.1 Å². The van der Waals surface area contributed by atoms with Crippen LogP contribution in [0.2, 0.25) is 5.02 Å². The largest absolute Gasteiger partial charge is 0.493 e. The molecule has 0 amide bonds. The van der Waals surface area contributed by atoms with Gasteiger partial charge >= 0.3 is 11.9 Å². The fraction of sp³-hybridized carbons (Fsp3) is 0.125. The van der Waals surface area contributed by atoms with Crippen molar-refractivity contribution in [2.24, 2.45) is 5.73 Å². The van der Waals surface area contributed by atoms with E-state index in [0.29, 0.717) is 16.9 Å². The highest BCUT2D eigenvalue weighted by molar-refractivity contribution is 6.30. The summed E-state index contributed by atoms with van der Waals surface area (Å²) in [5.41, 5.74) is 7.78. The third-order valence-corrected chi connectivity index (χ3v) is 3.67. The molecule has 0 aliphatic carbocycles. The number of hydrogen-bond acceptors (Lipinski definition) is 4. The lowest BCUT2D eigenvalue weighted by molar-refractivity contribution is -0.753. The van der Waals surface area contributed by atoms with Gasteiger partial charge in [0.1, 0.15) is 5.69 Å². The summed E-state index contributed by atoms with van der Waals surface area (Å²) in [4.78, 5) is 6.44. The standard InChI is InChI=1S/C16H16ClN5O/c1-23-13-5-3-2-4-12(13)19-16-21-14(20-15(18)22-16)10-6-8-11(17)9-7-10/h2-9,14H,1H3,(H4,18,19,20,21,22)/p+2/t14-/m1/s1. The Balaban J connectivity index is 1.86. The van der Waals surface area contributed by atoms with E-state index in [-0.39, 0.29) is 6.17 Å². The zero-order valence-electron chi connectivity index (χ0n) is 12.6. The van der Waals surface area contributed by atoms with E-state index >= 15 is 0 Å². The fourth-order valence-corrected chi connectivity index (χ4v) is 2.44. The van der Waals surface area contributed by atoms with E-state index in [0.717, 1.165) is 17.0 Å². The van der Waals surface area contributed by atoms with E-state index in [9.17, 15) is 0 Å². The maximum atomic E-state index is 5.94. The Morgan fingerprint density at radius 3 is 2.61 bits per heavy atom. The second-order valence-electron chi connectivity index (χ2n) is 5.01. The van der Waals surface area contributed by atoms with Gasteiger partial charge < -0.3 is 4.74 Å². The molecule has 1 atom stereocenters. The van der Waals surface area contributed by atoms with Crippen molar-refractivity contribution < 1.29 is 14.7 Å². The highest BCUT2D eigenvalue weighted by Gasteiger charge is 2.24. The van der Waals surface area contributed by atoms with Crippen molar-refractivity contribution in [2.45, 2.75) is 6.17 Å². The van der Waals surface area contributed by atoms with Gasteiger partial charge in [-0.25, -0.2) is 15.3 Å². The summed E-state index contributed by atoms with van der Waals surface area (Å²) in [6.45, 7) is 0. The van der Waals surface area contributed by atoms with Gasteiger partial charge in [-0.3, -0.25) is 5.73 Å². The second kappa shape index (κ2) is 6.58. The molecule has 0 spiro atoms. The van der Waals surface area contributed by atoms with E-state index in [1.807, 2.05) is 48.5 Å². The molecular formula is C16H18ClN5O+2. The average Bonchev–Trinajstić information content (AvgIpc) is 2.55. The zero-order chi connectivity index (χ0) is 16.2. The molecule has 2 aromatic rings. The summed E-state index contributed by atoms with van der Waals surface area (Å²) in [7, 11) is 1.63. The summed E-state index contributed by atoms with van der Waals surface area (Å²) < 4.78 is 5.34. The van der Waals surface area contributed by atoms with Gasteiger partial charge in [0, 0.05) is 10.6 Å². The van der Waals surface area contributed by atoms with Crippen LogP contribution in [0.5, 0.6) is 5.75 Å². The highest BCUT2D eigenvalue weighted by atomic mass is 35.5. The van der Waals surface area contributed by atoms with Crippen LogP contribution in [0.25, 0.3) is 0 Å². The molecule has 0 radical (unpaired) electrons. The van der Waals surface area contributed by atoms with Gasteiger partial charge in [0.15, 0.2) is 5.75 Å². The van der Waals surface area contributed by atoms with E-state index in [1.54, 1.807) is 7.11 Å². The maximum Gasteiger partial charge on any atom is 0.361 e. The number of benzene rings is 2. The summed E-state index contributed by atoms with van der Waals surface area (Å²) in [6.07, 6.45) is -0.175. The quantitative estimate of drug-likeness (QED) is 0.494. The lowest BCUT2D eigenvalue weighted by Gasteiger charge is -2.15. The molecule has 2 aromatic carbocycles. The van der Waals surface area contributed by atoms with Crippen LogP contribution in [0.1, 0.15) is 11.7 Å². The Labute approximate surface area is 139 Å². The van der Waals surface area contributed by atoms with Crippen LogP contribution in [0, 0.1) is 0 Å². The van der Waals surface area contributed by atoms with Crippen molar-refractivity contribution in [3.8, 4) is 5.75 Å². The highest BCUT2D eigenvalue weighted by Crippen LogP contribution is 2.22. The molecule has 118 valence electrons. The number of methoxy groups -OCH3 is 1. The molecule has 1 aliphatic heterocycles. The van der Waals surface area contributed by atoms with E-state index in [2.05, 4.69) is 20.6 Å². The third-order valence-electron chi connectivity index (χ3n) is 3.42. The minimum Gasteiger partial charge on any atom is -0.493 e. The first kappa shape index (κ1) is 15.2. The third kappa shape index (κ3) is 3.54. The second-order valence-corrected chi connectivity index (χ2v) is 5.45. The van der Waals surface area contributed by atoms with E-state index < -0.39 is 0 Å². The van der Waals surface area contributed by atoms with Crippen molar-refractivity contribution in [1.29, 1.82) is 0 Å². The number of anilines is 1. The molecule has 3 rings (SSSR count). The Bertz CT molecular complexity index is 757. The molecule has 1 aliphatic rings. The lowest BCUT2D eigenvalue weighted by atomic mass is 10.2. The Hall–Kier alpha value is -2.73. The summed E-state index contributed by atoms with van der Waals surface area (Å²) >= 11 is 5.93. The first-order valence-corrected chi connectivity index (χ1v) is 7.48. The lowest BCUT2D eigenvalue weighted by Crippen LogP contribution is -3.02. The zero-order valence-corrected chi connectivity index (χ0v) is 13.3. The van der Waals surface area contributed by atoms with Gasteiger partial charge in [-0.2, -0.15) is 5.32 Å². The minimum absolute atomic E-state index is 0.175. The van der Waals surface area contributed by atoms with Gasteiger partial charge in [0.05, 0.1) is 7.11 Å². The van der Waals surface area contributed by atoms with Crippen molar-refractivity contribution in [1.82, 2.24) is 5.32 Å². The fourth-order valence-electron chi connectivity index (χ4n) is 2.31. The van der Waals surface area contributed by atoms with Crippen LogP contribution in [-0.2, 0) is 0 Å². The minimum atomic E-state index is -0.175. The molecule has 1 heterocycles. The van der Waals surface area contributed by atoms with Gasteiger partial charge in [-0.15, -0.1) is 0 Å². The normalized spacial score (nSPS) is 16.9. The number of nitrogens with two attached hydrogens (primary N) is 1. The van der Waals surface area contributed by atoms with Crippen molar-refractivity contribution in [3.63, 3.8) is 0 Å². The van der Waals surface area contributed by atoms with E-state index in [1.165, 1.54) is 0 Å². The number of guanidine groups is 2. The molecule has 6 nitrogen and oxygen atoms in total. The summed E-state index contributed by atoms with van der Waals surface area (Å²) in [6, 6.07) is 15.2. The average molecular weight is 332 g/mol. The Morgan fingerprint density at radius 1 is 1.13 bits per heavy atom. The monoisotopic (exact) mass is 331 g/mol. The predicted octanol–water partition coefficient (Wildman–Crippen LogP) is -1.11. The molecule has 7 heteroatoms. The number of rotatable bonds is 3. The molecule has 0 fully saturated rings. The number of hydrogen-bond donors (Lipinski definition) is 5. The molecule has 0 saturated carbocycles. The molecule has 0 bridgehead atoms. The van der Waals surface area contributed by atoms with Gasteiger partial charge in [0.25, 0.3) is 0 Å². The summed E-state index contributed by atoms with van der Waals surface area (Å²) in [5.74, 6) is 1.84. The van der Waals surface area contributed by atoms with Crippen LogP contribution in [-0.4, -0.2) is 19.0 Å². The molecule has 0 unspecified atom stereocenters. The number of nitrogens with one attached hydrogen (secondary N) is 4. The number of halogens is 1. The van der Waals surface area contributed by atoms with Crippen molar-refractivity contribution in [2.75, 3.05) is 12.4 Å². The number of para-hydroxylation sites is 2. The van der Waals surface area contributed by atoms with Crippen molar-refractivity contribution >= 4 is 29.2 Å². The molecule has 6 N–H and O–H groups in total. The summed E-state index contributed by atoms with van der Waals surface area (Å²) in [5, 5.41) is 6.96. The van der Waals surface area contributed by atoms with Crippen LogP contribution >= 0.6 is 11.6 Å². The molecule has 0 aromatic heterocycles. The smallest absolute Gasteiger partial charge is 0.361 e. The maximum absolute atomic E-state index is 5.94. The first-order chi connectivity index (χ1) is 11.2. The Kier molecular flexibility index (Phi) is 4.34. The molecule has 23 heavy (non-hydrogen) atoms. The number of ether oxygens (including phenoxy) is 1. The molecular weight excluding hydrogens is 314 g/mol. The van der Waals surface area contributed by atoms with Crippen LogP contribution in [0.4, 0.5) is 5.69 Å². The van der Waals surface area contributed by atoms with Crippen LogP contribution in [0.15, 0.2) is 48.5 Å². The SMILES string of the molecule is COc1ccccc1NC1=[NH+][C@H](c2ccc(Cl)cc2)[NH+]=C(N)N1. The van der Waals surface area contributed by atoms with Gasteiger partial charge in [-0.1, -0.05) is 35.9 Å². The van der Waals surface area contributed by atoms with Crippen LogP contribution < -0.4 is 31.1 Å². The van der Waals surface area contributed by atoms with E-state index in [4.69, 9.17) is 22.1 Å². The van der Waals surface area contributed by atoms with Crippen LogP contribution in [0.3, 0.4) is 0 Å². The molecule has 0 saturated heterocycles. The first-order valence-electron chi connectivity index (χ1n) is 7.10. The predicted molar refractivity (Wildman–Crippen MR) is 90.1 cm³/mol. The van der Waals surface area contributed by atoms with Gasteiger partial charge in [0.2, 0.25) is 6.17 Å². The van der Waals surface area contributed by atoms with Gasteiger partial charge in [-0.05, 0) is 24.3 Å². The Morgan fingerprint density at radius 2 is 1.87 bits per heavy atom.